The number of likely N-dealkylation sites (tertiary alicyclic amines) is 1. The Kier molecular flexibility index (Phi) is 5.94. The highest BCUT2D eigenvalue weighted by Crippen LogP contribution is 2.23. The molecular weight excluding hydrogens is 342 g/mol. The fourth-order valence-electron chi connectivity index (χ4n) is 3.69. The van der Waals surface area contributed by atoms with Crippen molar-refractivity contribution in [1.29, 1.82) is 0 Å². The van der Waals surface area contributed by atoms with E-state index in [1.165, 1.54) is 0 Å². The molecule has 0 aliphatic carbocycles. The second-order valence-electron chi connectivity index (χ2n) is 7.03. The number of carbonyl (C=O) groups is 2. The molecule has 1 aliphatic heterocycles. The molecule has 1 atom stereocenters. The van der Waals surface area contributed by atoms with Gasteiger partial charge in [0, 0.05) is 18.8 Å². The van der Waals surface area contributed by atoms with E-state index in [1.54, 1.807) is 11.8 Å². The number of carbonyl (C=O) groups excluding carboxylic acids is 2. The van der Waals surface area contributed by atoms with Crippen molar-refractivity contribution in [1.82, 2.24) is 14.7 Å². The SMILES string of the molecule is CCOC(=O)C1CCCN(C(=O)c2c(C)nn(Cc3ccccc3)c2C)C1. The number of esters is 1. The number of rotatable bonds is 5. The van der Waals surface area contributed by atoms with Crippen LogP contribution in [0, 0.1) is 19.8 Å². The van der Waals surface area contributed by atoms with Crippen LogP contribution in [0.4, 0.5) is 0 Å². The van der Waals surface area contributed by atoms with Gasteiger partial charge in [-0.15, -0.1) is 0 Å². The molecule has 144 valence electrons. The van der Waals surface area contributed by atoms with Crippen LogP contribution in [0.25, 0.3) is 0 Å². The second-order valence-corrected chi connectivity index (χ2v) is 7.03. The lowest BCUT2D eigenvalue weighted by atomic mass is 9.97. The van der Waals surface area contributed by atoms with Gasteiger partial charge in [-0.05, 0) is 39.2 Å². The lowest BCUT2D eigenvalue weighted by molar-refractivity contribution is -0.149. The van der Waals surface area contributed by atoms with Crippen LogP contribution >= 0.6 is 0 Å². The van der Waals surface area contributed by atoms with Gasteiger partial charge in [-0.1, -0.05) is 30.3 Å². The molecule has 1 saturated heterocycles. The van der Waals surface area contributed by atoms with Crippen molar-refractivity contribution in [2.24, 2.45) is 5.92 Å². The monoisotopic (exact) mass is 369 g/mol. The van der Waals surface area contributed by atoms with E-state index in [0.29, 0.717) is 31.8 Å². The number of aromatic nitrogens is 2. The molecule has 6 nitrogen and oxygen atoms in total. The summed E-state index contributed by atoms with van der Waals surface area (Å²) in [5, 5.41) is 4.58. The summed E-state index contributed by atoms with van der Waals surface area (Å²) in [4.78, 5) is 27.0. The summed E-state index contributed by atoms with van der Waals surface area (Å²) in [6, 6.07) is 10.1. The normalized spacial score (nSPS) is 17.0. The third kappa shape index (κ3) is 4.21. The summed E-state index contributed by atoms with van der Waals surface area (Å²) < 4.78 is 7.02. The number of hydrogen-bond donors (Lipinski definition) is 0. The maximum Gasteiger partial charge on any atom is 0.310 e. The maximum atomic E-state index is 13.2. The molecule has 1 unspecified atom stereocenters. The van der Waals surface area contributed by atoms with Crippen LogP contribution in [0.2, 0.25) is 0 Å². The minimum Gasteiger partial charge on any atom is -0.466 e. The lowest BCUT2D eigenvalue weighted by Crippen LogP contribution is -2.43. The number of ether oxygens (including phenoxy) is 1. The molecule has 0 radical (unpaired) electrons. The number of nitrogens with zero attached hydrogens (tertiary/aromatic N) is 3. The summed E-state index contributed by atoms with van der Waals surface area (Å²) in [5.74, 6) is -0.482. The lowest BCUT2D eigenvalue weighted by Gasteiger charge is -2.31. The van der Waals surface area contributed by atoms with Gasteiger partial charge >= 0.3 is 5.97 Å². The van der Waals surface area contributed by atoms with Gasteiger partial charge < -0.3 is 9.64 Å². The Morgan fingerprint density at radius 2 is 1.96 bits per heavy atom. The molecule has 1 fully saturated rings. The van der Waals surface area contributed by atoms with E-state index in [-0.39, 0.29) is 17.8 Å². The van der Waals surface area contributed by atoms with Gasteiger partial charge in [-0.25, -0.2) is 0 Å². The molecule has 2 aromatic rings. The average molecular weight is 369 g/mol. The van der Waals surface area contributed by atoms with E-state index in [9.17, 15) is 9.59 Å². The Balaban J connectivity index is 1.77. The molecule has 1 amide bonds. The molecule has 6 heteroatoms. The molecule has 0 spiro atoms. The number of amides is 1. The van der Waals surface area contributed by atoms with E-state index >= 15 is 0 Å². The van der Waals surface area contributed by atoms with Crippen molar-refractivity contribution in [3.63, 3.8) is 0 Å². The number of benzene rings is 1. The van der Waals surface area contributed by atoms with Gasteiger partial charge in [0.25, 0.3) is 5.91 Å². The highest BCUT2D eigenvalue weighted by Gasteiger charge is 2.32. The quantitative estimate of drug-likeness (QED) is 0.760. The van der Waals surface area contributed by atoms with Gasteiger partial charge in [0.1, 0.15) is 0 Å². The Morgan fingerprint density at radius 3 is 2.67 bits per heavy atom. The molecule has 2 heterocycles. The molecule has 0 saturated carbocycles. The van der Waals surface area contributed by atoms with Crippen LogP contribution in [0.15, 0.2) is 30.3 Å². The van der Waals surface area contributed by atoms with Gasteiger partial charge in [-0.2, -0.15) is 5.10 Å². The van der Waals surface area contributed by atoms with E-state index < -0.39 is 0 Å². The standard InChI is InChI=1S/C21H27N3O3/c1-4-27-21(26)18-11-8-12-23(14-18)20(25)19-15(2)22-24(16(19)3)13-17-9-6-5-7-10-17/h5-7,9-10,18H,4,8,11-14H2,1-3H3. The van der Waals surface area contributed by atoms with Gasteiger partial charge in [-0.3, -0.25) is 14.3 Å². The van der Waals surface area contributed by atoms with Crippen LogP contribution < -0.4 is 0 Å². The van der Waals surface area contributed by atoms with Crippen molar-refractivity contribution in [2.45, 2.75) is 40.2 Å². The molecule has 1 aromatic heterocycles. The summed E-state index contributed by atoms with van der Waals surface area (Å²) >= 11 is 0. The minimum absolute atomic E-state index is 0.0432. The molecular formula is C21H27N3O3. The molecule has 27 heavy (non-hydrogen) atoms. The van der Waals surface area contributed by atoms with Crippen molar-refractivity contribution in [3.8, 4) is 0 Å². The van der Waals surface area contributed by atoms with Crippen molar-refractivity contribution < 1.29 is 14.3 Å². The largest absolute Gasteiger partial charge is 0.466 e. The third-order valence-corrected chi connectivity index (χ3v) is 5.10. The Bertz CT molecular complexity index is 814. The molecule has 0 bridgehead atoms. The number of hydrogen-bond acceptors (Lipinski definition) is 4. The first-order valence-corrected chi connectivity index (χ1v) is 9.55. The molecule has 1 aliphatic rings. The fourth-order valence-corrected chi connectivity index (χ4v) is 3.69. The van der Waals surface area contributed by atoms with Crippen molar-refractivity contribution >= 4 is 11.9 Å². The fraction of sp³-hybridized carbons (Fsp3) is 0.476. The first kappa shape index (κ1) is 19.1. The maximum absolute atomic E-state index is 13.2. The van der Waals surface area contributed by atoms with Gasteiger partial charge in [0.15, 0.2) is 0 Å². The number of piperidine rings is 1. The Morgan fingerprint density at radius 1 is 1.22 bits per heavy atom. The highest BCUT2D eigenvalue weighted by atomic mass is 16.5. The van der Waals surface area contributed by atoms with E-state index in [1.807, 2.05) is 48.9 Å². The van der Waals surface area contributed by atoms with Crippen LogP contribution in [-0.2, 0) is 16.1 Å². The van der Waals surface area contributed by atoms with Crippen LogP contribution in [0.1, 0.15) is 47.1 Å². The van der Waals surface area contributed by atoms with E-state index in [2.05, 4.69) is 5.10 Å². The van der Waals surface area contributed by atoms with E-state index in [4.69, 9.17) is 4.74 Å². The summed E-state index contributed by atoms with van der Waals surface area (Å²) in [7, 11) is 0. The summed E-state index contributed by atoms with van der Waals surface area (Å²) in [6.07, 6.45) is 1.58. The van der Waals surface area contributed by atoms with Crippen molar-refractivity contribution in [3.05, 3.63) is 52.8 Å². The second kappa shape index (κ2) is 8.37. The van der Waals surface area contributed by atoms with Crippen LogP contribution in [-0.4, -0.2) is 46.3 Å². The summed E-state index contributed by atoms with van der Waals surface area (Å²) in [6.45, 7) is 7.69. The molecule has 3 rings (SSSR count). The van der Waals surface area contributed by atoms with Crippen LogP contribution in [0.5, 0.6) is 0 Å². The topological polar surface area (TPSA) is 64.4 Å². The first-order chi connectivity index (χ1) is 13.0. The zero-order valence-corrected chi connectivity index (χ0v) is 16.3. The van der Waals surface area contributed by atoms with Gasteiger partial charge in [0.2, 0.25) is 0 Å². The molecule has 1 aromatic carbocycles. The third-order valence-electron chi connectivity index (χ3n) is 5.10. The zero-order chi connectivity index (χ0) is 19.4. The highest BCUT2D eigenvalue weighted by molar-refractivity contribution is 5.96. The minimum atomic E-state index is -0.234. The first-order valence-electron chi connectivity index (χ1n) is 9.55. The van der Waals surface area contributed by atoms with Gasteiger partial charge in [0.05, 0.1) is 30.3 Å². The zero-order valence-electron chi connectivity index (χ0n) is 16.3. The average Bonchev–Trinajstić information content (AvgIpc) is 2.95. The van der Waals surface area contributed by atoms with Crippen molar-refractivity contribution in [2.75, 3.05) is 19.7 Å². The number of aryl methyl sites for hydroxylation is 1. The summed E-state index contributed by atoms with van der Waals surface area (Å²) in [5.41, 5.74) is 3.38. The predicted octanol–water partition coefficient (Wildman–Crippen LogP) is 2.96. The van der Waals surface area contributed by atoms with Crippen LogP contribution in [0.3, 0.4) is 0 Å². The Hall–Kier alpha value is -2.63. The predicted molar refractivity (Wildman–Crippen MR) is 103 cm³/mol. The molecule has 0 N–H and O–H groups in total. The smallest absolute Gasteiger partial charge is 0.310 e. The van der Waals surface area contributed by atoms with E-state index in [0.717, 1.165) is 29.8 Å². The Labute approximate surface area is 160 Å².